The first-order valence-corrected chi connectivity index (χ1v) is 8.83. The van der Waals surface area contributed by atoms with Gasteiger partial charge in [-0.2, -0.15) is 0 Å². The van der Waals surface area contributed by atoms with E-state index in [1.165, 1.54) is 5.56 Å². The third-order valence-electron chi connectivity index (χ3n) is 4.79. The van der Waals surface area contributed by atoms with Crippen LogP contribution in [0.25, 0.3) is 0 Å². The number of likely N-dealkylation sites (tertiary alicyclic amines) is 1. The first-order valence-electron chi connectivity index (χ1n) is 8.83. The first kappa shape index (κ1) is 17.4. The molecule has 1 aliphatic rings. The molecule has 1 fully saturated rings. The number of nitrogens with one attached hydrogen (secondary N) is 2. The molecule has 5 nitrogen and oxygen atoms in total. The predicted octanol–water partition coefficient (Wildman–Crippen LogP) is 2.71. The minimum atomic E-state index is -0.122. The number of amides is 2. The highest BCUT2D eigenvalue weighted by atomic mass is 16.2. The summed E-state index contributed by atoms with van der Waals surface area (Å²) in [7, 11) is 0. The van der Waals surface area contributed by atoms with Gasteiger partial charge in [0.25, 0.3) is 0 Å². The van der Waals surface area contributed by atoms with Gasteiger partial charge in [0, 0.05) is 31.9 Å². The molecule has 1 aromatic heterocycles. The van der Waals surface area contributed by atoms with Crippen LogP contribution in [0.3, 0.4) is 0 Å². The standard InChI is InChI=1S/C20H26N4O/c1-15-7-6-10-21-18(15)11-22-20(25)23-19-14-24(12-16(19)2)13-17-8-4-3-5-9-17/h3-10,16,19H,11-14H2,1-2H3,(H2,22,23,25)/t16-,19+/m1/s1. The SMILES string of the molecule is Cc1cccnc1CNC(=O)N[C@H]1CN(Cc2ccccc2)C[C@H]1C. The van der Waals surface area contributed by atoms with Gasteiger partial charge in [0.15, 0.2) is 0 Å². The van der Waals surface area contributed by atoms with E-state index in [9.17, 15) is 4.79 Å². The summed E-state index contributed by atoms with van der Waals surface area (Å²) in [5.41, 5.74) is 3.30. The summed E-state index contributed by atoms with van der Waals surface area (Å²) >= 11 is 0. The van der Waals surface area contributed by atoms with Crippen molar-refractivity contribution in [2.24, 2.45) is 5.92 Å². The van der Waals surface area contributed by atoms with Gasteiger partial charge in [-0.3, -0.25) is 9.88 Å². The molecule has 2 heterocycles. The van der Waals surface area contributed by atoms with Crippen LogP contribution in [0.2, 0.25) is 0 Å². The smallest absolute Gasteiger partial charge is 0.315 e. The Morgan fingerprint density at radius 3 is 2.76 bits per heavy atom. The average molecular weight is 338 g/mol. The molecule has 2 aromatic rings. The van der Waals surface area contributed by atoms with Crippen molar-refractivity contribution in [2.45, 2.75) is 33.0 Å². The van der Waals surface area contributed by atoms with Crippen LogP contribution in [0.4, 0.5) is 4.79 Å². The van der Waals surface area contributed by atoms with Gasteiger partial charge >= 0.3 is 6.03 Å². The van der Waals surface area contributed by atoms with E-state index >= 15 is 0 Å². The van der Waals surface area contributed by atoms with Crippen molar-refractivity contribution in [3.8, 4) is 0 Å². The maximum atomic E-state index is 12.2. The van der Waals surface area contributed by atoms with Gasteiger partial charge in [0.2, 0.25) is 0 Å². The Labute approximate surface area is 149 Å². The van der Waals surface area contributed by atoms with E-state index in [-0.39, 0.29) is 12.1 Å². The Balaban J connectivity index is 1.47. The van der Waals surface area contributed by atoms with Crippen molar-refractivity contribution >= 4 is 6.03 Å². The molecule has 0 saturated carbocycles. The van der Waals surface area contributed by atoms with Crippen molar-refractivity contribution < 1.29 is 4.79 Å². The Morgan fingerprint density at radius 2 is 2.00 bits per heavy atom. The zero-order chi connectivity index (χ0) is 17.6. The Hall–Kier alpha value is -2.40. The maximum Gasteiger partial charge on any atom is 0.315 e. The van der Waals surface area contributed by atoms with Gasteiger partial charge in [-0.25, -0.2) is 4.79 Å². The number of nitrogens with zero attached hydrogens (tertiary/aromatic N) is 2. The van der Waals surface area contributed by atoms with Crippen molar-refractivity contribution in [1.82, 2.24) is 20.5 Å². The molecule has 0 bridgehead atoms. The molecule has 2 atom stereocenters. The molecular weight excluding hydrogens is 312 g/mol. The number of pyridine rings is 1. The van der Waals surface area contributed by atoms with E-state index in [2.05, 4.69) is 51.7 Å². The normalized spacial score (nSPS) is 20.4. The van der Waals surface area contributed by atoms with Gasteiger partial charge in [-0.15, -0.1) is 0 Å². The number of benzene rings is 1. The van der Waals surface area contributed by atoms with Crippen LogP contribution >= 0.6 is 0 Å². The number of carbonyl (C=O) groups excluding carboxylic acids is 1. The number of urea groups is 1. The molecule has 1 saturated heterocycles. The van der Waals surface area contributed by atoms with Gasteiger partial charge in [0.1, 0.15) is 0 Å². The van der Waals surface area contributed by atoms with Gasteiger partial charge in [-0.1, -0.05) is 43.3 Å². The summed E-state index contributed by atoms with van der Waals surface area (Å²) < 4.78 is 0. The van der Waals surface area contributed by atoms with Crippen LogP contribution in [-0.2, 0) is 13.1 Å². The fraction of sp³-hybridized carbons (Fsp3) is 0.400. The third-order valence-corrected chi connectivity index (χ3v) is 4.79. The largest absolute Gasteiger partial charge is 0.334 e. The molecule has 3 rings (SSSR count). The zero-order valence-electron chi connectivity index (χ0n) is 14.9. The van der Waals surface area contributed by atoms with E-state index in [0.717, 1.165) is 30.9 Å². The van der Waals surface area contributed by atoms with Gasteiger partial charge < -0.3 is 10.6 Å². The third kappa shape index (κ3) is 4.79. The quantitative estimate of drug-likeness (QED) is 0.881. The number of carbonyl (C=O) groups is 1. The number of hydrogen-bond acceptors (Lipinski definition) is 3. The summed E-state index contributed by atoms with van der Waals surface area (Å²) in [6.45, 7) is 7.46. The summed E-state index contributed by atoms with van der Waals surface area (Å²) in [6.07, 6.45) is 1.75. The summed E-state index contributed by atoms with van der Waals surface area (Å²) in [4.78, 5) is 18.9. The lowest BCUT2D eigenvalue weighted by molar-refractivity contribution is 0.234. The van der Waals surface area contributed by atoms with E-state index in [1.54, 1.807) is 6.20 Å². The van der Waals surface area contributed by atoms with E-state index in [1.807, 2.05) is 25.1 Å². The van der Waals surface area contributed by atoms with Crippen LogP contribution in [0.5, 0.6) is 0 Å². The zero-order valence-corrected chi connectivity index (χ0v) is 14.9. The molecule has 2 N–H and O–H groups in total. The van der Waals surface area contributed by atoms with Crippen LogP contribution in [0, 0.1) is 12.8 Å². The van der Waals surface area contributed by atoms with Crippen molar-refractivity contribution in [3.05, 3.63) is 65.5 Å². The topological polar surface area (TPSA) is 57.3 Å². The highest BCUT2D eigenvalue weighted by Crippen LogP contribution is 2.18. The van der Waals surface area contributed by atoms with Crippen LogP contribution in [0.1, 0.15) is 23.7 Å². The van der Waals surface area contributed by atoms with Gasteiger partial charge in [-0.05, 0) is 30.0 Å². The fourth-order valence-corrected chi connectivity index (χ4v) is 3.31. The summed E-state index contributed by atoms with van der Waals surface area (Å²) in [5.74, 6) is 0.436. The molecule has 0 radical (unpaired) electrons. The number of aryl methyl sites for hydroxylation is 1. The van der Waals surface area contributed by atoms with Gasteiger partial charge in [0.05, 0.1) is 12.2 Å². The van der Waals surface area contributed by atoms with Crippen molar-refractivity contribution in [1.29, 1.82) is 0 Å². The second-order valence-electron chi connectivity index (χ2n) is 6.86. The molecule has 1 aromatic carbocycles. The molecule has 0 aliphatic carbocycles. The summed E-state index contributed by atoms with van der Waals surface area (Å²) in [6, 6.07) is 14.4. The maximum absolute atomic E-state index is 12.2. The predicted molar refractivity (Wildman–Crippen MR) is 99.0 cm³/mol. The highest BCUT2D eigenvalue weighted by molar-refractivity contribution is 5.74. The first-order chi connectivity index (χ1) is 12.1. The summed E-state index contributed by atoms with van der Waals surface area (Å²) in [5, 5.41) is 6.04. The van der Waals surface area contributed by atoms with E-state index in [4.69, 9.17) is 0 Å². The molecular formula is C20H26N4O. The van der Waals surface area contributed by atoms with Crippen LogP contribution in [-0.4, -0.2) is 35.0 Å². The molecule has 25 heavy (non-hydrogen) atoms. The Bertz CT molecular complexity index is 704. The van der Waals surface area contributed by atoms with E-state index < -0.39 is 0 Å². The monoisotopic (exact) mass is 338 g/mol. The van der Waals surface area contributed by atoms with Crippen molar-refractivity contribution in [2.75, 3.05) is 13.1 Å². The second-order valence-corrected chi connectivity index (χ2v) is 6.86. The van der Waals surface area contributed by atoms with Crippen LogP contribution < -0.4 is 10.6 Å². The number of rotatable bonds is 5. The molecule has 5 heteroatoms. The lowest BCUT2D eigenvalue weighted by Gasteiger charge is -2.18. The van der Waals surface area contributed by atoms with E-state index in [0.29, 0.717) is 12.5 Å². The minimum absolute atomic E-state index is 0.122. The highest BCUT2D eigenvalue weighted by Gasteiger charge is 2.30. The fourth-order valence-electron chi connectivity index (χ4n) is 3.31. The average Bonchev–Trinajstić information content (AvgIpc) is 2.94. The van der Waals surface area contributed by atoms with Crippen LogP contribution in [0.15, 0.2) is 48.7 Å². The molecule has 2 amide bonds. The number of hydrogen-bond donors (Lipinski definition) is 2. The molecule has 132 valence electrons. The Kier molecular flexibility index (Phi) is 5.66. The molecule has 0 unspecified atom stereocenters. The van der Waals surface area contributed by atoms with Crippen molar-refractivity contribution in [3.63, 3.8) is 0 Å². The molecule has 0 spiro atoms. The lowest BCUT2D eigenvalue weighted by atomic mass is 10.1. The second kappa shape index (κ2) is 8.12. The Morgan fingerprint density at radius 1 is 1.20 bits per heavy atom. The lowest BCUT2D eigenvalue weighted by Crippen LogP contribution is -2.45. The molecule has 1 aliphatic heterocycles. The number of aromatic nitrogens is 1. The minimum Gasteiger partial charge on any atom is -0.334 e.